The zero-order valence-electron chi connectivity index (χ0n) is 17.3. The SMILES string of the molecule is CCCCOc1ccc(Br)cc1C=NNC(=O)C(C)C(=O)Nc1ccc(OC)cc1. The van der Waals surface area contributed by atoms with Gasteiger partial charge >= 0.3 is 0 Å². The number of hydrogen-bond acceptors (Lipinski definition) is 5. The molecule has 2 amide bonds. The molecule has 0 bridgehead atoms. The number of rotatable bonds is 10. The van der Waals surface area contributed by atoms with Crippen LogP contribution in [0.1, 0.15) is 32.3 Å². The van der Waals surface area contributed by atoms with Gasteiger partial charge in [0.25, 0.3) is 5.91 Å². The third-order valence-electron chi connectivity index (χ3n) is 4.25. The van der Waals surface area contributed by atoms with Gasteiger partial charge in [0.05, 0.1) is 19.9 Å². The zero-order chi connectivity index (χ0) is 21.9. The summed E-state index contributed by atoms with van der Waals surface area (Å²) in [5, 5.41) is 6.68. The molecule has 1 unspecified atom stereocenters. The summed E-state index contributed by atoms with van der Waals surface area (Å²) in [7, 11) is 1.56. The highest BCUT2D eigenvalue weighted by molar-refractivity contribution is 9.10. The van der Waals surface area contributed by atoms with E-state index in [0.717, 1.165) is 22.9 Å². The number of methoxy groups -OCH3 is 1. The van der Waals surface area contributed by atoms with E-state index in [1.54, 1.807) is 31.4 Å². The molecule has 8 heteroatoms. The highest BCUT2D eigenvalue weighted by Crippen LogP contribution is 2.22. The van der Waals surface area contributed by atoms with Crippen LogP contribution in [0.25, 0.3) is 0 Å². The van der Waals surface area contributed by atoms with Gasteiger partial charge in [-0.2, -0.15) is 5.10 Å². The molecule has 0 heterocycles. The average molecular weight is 476 g/mol. The molecule has 30 heavy (non-hydrogen) atoms. The molecule has 0 radical (unpaired) electrons. The van der Waals surface area contributed by atoms with Crippen molar-refractivity contribution in [2.75, 3.05) is 19.0 Å². The lowest BCUT2D eigenvalue weighted by atomic mass is 10.1. The number of nitrogens with zero attached hydrogens (tertiary/aromatic N) is 1. The number of amides is 2. The number of hydrogen-bond donors (Lipinski definition) is 2. The standard InChI is InChI=1S/C22H26BrN3O4/c1-4-5-12-30-20-11-6-17(23)13-16(20)14-24-26-22(28)15(2)21(27)25-18-7-9-19(29-3)10-8-18/h6-11,13-15H,4-5,12H2,1-3H3,(H,25,27)(H,26,28). The number of anilines is 1. The van der Waals surface area contributed by atoms with Crippen LogP contribution in [0.4, 0.5) is 5.69 Å². The van der Waals surface area contributed by atoms with Crippen molar-refractivity contribution in [3.8, 4) is 11.5 Å². The molecule has 2 rings (SSSR count). The first kappa shape index (κ1) is 23.4. The lowest BCUT2D eigenvalue weighted by Gasteiger charge is -2.11. The molecule has 0 aromatic heterocycles. The first-order chi connectivity index (χ1) is 14.4. The van der Waals surface area contributed by atoms with Crippen LogP contribution in [-0.2, 0) is 9.59 Å². The Morgan fingerprint density at radius 1 is 1.17 bits per heavy atom. The normalized spacial score (nSPS) is 11.7. The molecule has 1 atom stereocenters. The Balaban J connectivity index is 1.94. The topological polar surface area (TPSA) is 89.0 Å². The molecule has 0 saturated heterocycles. The number of hydrazone groups is 1. The van der Waals surface area contributed by atoms with Gasteiger partial charge in [-0.05, 0) is 55.8 Å². The predicted octanol–water partition coefficient (Wildman–Crippen LogP) is 4.36. The molecule has 2 aromatic carbocycles. The summed E-state index contributed by atoms with van der Waals surface area (Å²) in [5.41, 5.74) is 3.70. The van der Waals surface area contributed by atoms with Crippen molar-refractivity contribution in [2.45, 2.75) is 26.7 Å². The second-order valence-corrected chi connectivity index (χ2v) is 7.47. The Morgan fingerprint density at radius 2 is 1.90 bits per heavy atom. The van der Waals surface area contributed by atoms with Gasteiger partial charge in [0.2, 0.25) is 5.91 Å². The molecular weight excluding hydrogens is 450 g/mol. The second kappa shape index (κ2) is 12.0. The molecule has 2 aromatic rings. The summed E-state index contributed by atoms with van der Waals surface area (Å²) in [6.45, 7) is 4.21. The largest absolute Gasteiger partial charge is 0.497 e. The van der Waals surface area contributed by atoms with Crippen LogP contribution in [0.15, 0.2) is 52.0 Å². The van der Waals surface area contributed by atoms with E-state index in [4.69, 9.17) is 9.47 Å². The third kappa shape index (κ3) is 7.18. The summed E-state index contributed by atoms with van der Waals surface area (Å²) in [5.74, 6) is -0.514. The number of carbonyl (C=O) groups excluding carboxylic acids is 2. The van der Waals surface area contributed by atoms with Crippen molar-refractivity contribution in [1.82, 2.24) is 5.43 Å². The minimum atomic E-state index is -0.924. The third-order valence-corrected chi connectivity index (χ3v) is 4.74. The molecule has 0 saturated carbocycles. The van der Waals surface area contributed by atoms with Crippen LogP contribution in [0.5, 0.6) is 11.5 Å². The summed E-state index contributed by atoms with van der Waals surface area (Å²) in [4.78, 5) is 24.6. The van der Waals surface area contributed by atoms with Gasteiger partial charge in [0.15, 0.2) is 0 Å². The molecule has 0 aliphatic heterocycles. The summed E-state index contributed by atoms with van der Waals surface area (Å²) in [6, 6.07) is 12.4. The first-order valence-corrected chi connectivity index (χ1v) is 10.4. The number of unbranched alkanes of at least 4 members (excludes halogenated alkanes) is 1. The minimum absolute atomic E-state index is 0.432. The molecular formula is C22H26BrN3O4. The Labute approximate surface area is 185 Å². The molecule has 0 fully saturated rings. The molecule has 2 N–H and O–H groups in total. The van der Waals surface area contributed by atoms with E-state index in [2.05, 4.69) is 38.7 Å². The van der Waals surface area contributed by atoms with Crippen molar-refractivity contribution in [2.24, 2.45) is 11.0 Å². The maximum Gasteiger partial charge on any atom is 0.252 e. The number of benzene rings is 2. The maximum atomic E-state index is 12.3. The van der Waals surface area contributed by atoms with E-state index >= 15 is 0 Å². The molecule has 7 nitrogen and oxygen atoms in total. The van der Waals surface area contributed by atoms with Crippen LogP contribution >= 0.6 is 15.9 Å². The second-order valence-electron chi connectivity index (χ2n) is 6.56. The van der Waals surface area contributed by atoms with Crippen molar-refractivity contribution >= 4 is 39.6 Å². The highest BCUT2D eigenvalue weighted by Gasteiger charge is 2.21. The van der Waals surface area contributed by atoms with E-state index in [1.165, 1.54) is 13.1 Å². The Bertz CT molecular complexity index is 884. The van der Waals surface area contributed by atoms with Gasteiger partial charge in [-0.1, -0.05) is 29.3 Å². The molecule has 0 aliphatic rings. The quantitative estimate of drug-likeness (QED) is 0.231. The highest BCUT2D eigenvalue weighted by atomic mass is 79.9. The molecule has 0 spiro atoms. The zero-order valence-corrected chi connectivity index (χ0v) is 18.9. The van der Waals surface area contributed by atoms with Crippen molar-refractivity contribution < 1.29 is 19.1 Å². The Morgan fingerprint density at radius 3 is 2.57 bits per heavy atom. The van der Waals surface area contributed by atoms with Gasteiger partial charge in [0, 0.05) is 15.7 Å². The molecule has 160 valence electrons. The average Bonchev–Trinajstić information content (AvgIpc) is 2.75. The van der Waals surface area contributed by atoms with Crippen molar-refractivity contribution in [3.63, 3.8) is 0 Å². The Kier molecular flexibility index (Phi) is 9.34. The number of nitrogens with one attached hydrogen (secondary N) is 2. The Hall–Kier alpha value is -2.87. The summed E-state index contributed by atoms with van der Waals surface area (Å²) >= 11 is 3.42. The van der Waals surface area contributed by atoms with E-state index in [9.17, 15) is 9.59 Å². The van der Waals surface area contributed by atoms with E-state index in [-0.39, 0.29) is 0 Å². The fourth-order valence-corrected chi connectivity index (χ4v) is 2.76. The monoisotopic (exact) mass is 475 g/mol. The lowest BCUT2D eigenvalue weighted by Crippen LogP contribution is -2.34. The van der Waals surface area contributed by atoms with Crippen LogP contribution < -0.4 is 20.2 Å². The van der Waals surface area contributed by atoms with Crippen molar-refractivity contribution in [1.29, 1.82) is 0 Å². The van der Waals surface area contributed by atoms with Crippen LogP contribution in [0, 0.1) is 5.92 Å². The number of ether oxygens (including phenoxy) is 2. The smallest absolute Gasteiger partial charge is 0.252 e. The van der Waals surface area contributed by atoms with Crippen LogP contribution in [-0.4, -0.2) is 31.7 Å². The van der Waals surface area contributed by atoms with Gasteiger partial charge in [-0.3, -0.25) is 9.59 Å². The predicted molar refractivity (Wildman–Crippen MR) is 121 cm³/mol. The maximum absolute atomic E-state index is 12.3. The van der Waals surface area contributed by atoms with E-state index in [0.29, 0.717) is 23.8 Å². The van der Waals surface area contributed by atoms with Gasteiger partial charge < -0.3 is 14.8 Å². The summed E-state index contributed by atoms with van der Waals surface area (Å²) < 4.78 is 11.7. The fraction of sp³-hybridized carbons (Fsp3) is 0.318. The van der Waals surface area contributed by atoms with E-state index < -0.39 is 17.7 Å². The fourth-order valence-electron chi connectivity index (χ4n) is 2.38. The van der Waals surface area contributed by atoms with Crippen LogP contribution in [0.3, 0.4) is 0 Å². The van der Waals surface area contributed by atoms with Crippen LogP contribution in [0.2, 0.25) is 0 Å². The number of halogens is 1. The molecule has 0 aliphatic carbocycles. The van der Waals surface area contributed by atoms with Gasteiger partial charge in [-0.15, -0.1) is 0 Å². The van der Waals surface area contributed by atoms with Gasteiger partial charge in [0.1, 0.15) is 17.4 Å². The number of carbonyl (C=O) groups is 2. The van der Waals surface area contributed by atoms with E-state index in [1.807, 2.05) is 18.2 Å². The minimum Gasteiger partial charge on any atom is -0.497 e. The lowest BCUT2D eigenvalue weighted by molar-refractivity contribution is -0.131. The van der Waals surface area contributed by atoms with Gasteiger partial charge in [-0.25, -0.2) is 5.43 Å². The summed E-state index contributed by atoms with van der Waals surface area (Å²) in [6.07, 6.45) is 3.48. The first-order valence-electron chi connectivity index (χ1n) is 9.64. The van der Waals surface area contributed by atoms with Crippen molar-refractivity contribution in [3.05, 3.63) is 52.5 Å².